The quantitative estimate of drug-likeness (QED) is 0.205. The highest BCUT2D eigenvalue weighted by Crippen LogP contribution is 2.29. The highest BCUT2D eigenvalue weighted by Gasteiger charge is 2.29. The number of benzene rings is 3. The number of oxime groups is 3. The van der Waals surface area contributed by atoms with Crippen LogP contribution in [0.4, 0.5) is 13.2 Å². The molecule has 222 valence electrons. The Labute approximate surface area is 241 Å². The fourth-order valence-corrected chi connectivity index (χ4v) is 3.66. The van der Waals surface area contributed by atoms with Crippen molar-refractivity contribution in [2.24, 2.45) is 15.5 Å². The van der Waals surface area contributed by atoms with Gasteiger partial charge in [-0.25, -0.2) is 0 Å². The summed E-state index contributed by atoms with van der Waals surface area (Å²) in [5.41, 5.74) is 2.69. The zero-order valence-electron chi connectivity index (χ0n) is 23.6. The van der Waals surface area contributed by atoms with Crippen LogP contribution in [0.3, 0.4) is 0 Å². The minimum atomic E-state index is -4.39. The molecular formula is C30H31F3N4O5. The molecule has 0 heterocycles. The number of rotatable bonds is 13. The lowest BCUT2D eigenvalue weighted by Gasteiger charge is -2.11. The maximum Gasteiger partial charge on any atom is 0.416 e. The minimum absolute atomic E-state index is 0.0336. The average Bonchev–Trinajstić information content (AvgIpc) is 2.99. The van der Waals surface area contributed by atoms with Crippen molar-refractivity contribution < 1.29 is 37.2 Å². The first-order chi connectivity index (χ1) is 20.2. The predicted octanol–water partition coefficient (Wildman–Crippen LogP) is 5.71. The van der Waals surface area contributed by atoms with Gasteiger partial charge in [-0.2, -0.15) is 13.2 Å². The van der Waals surface area contributed by atoms with Crippen LogP contribution < -0.4 is 10.1 Å². The molecule has 3 aromatic rings. The number of nitrogens with zero attached hydrogens (tertiary/aromatic N) is 3. The molecule has 3 aromatic carbocycles. The van der Waals surface area contributed by atoms with Crippen molar-refractivity contribution in [1.29, 1.82) is 0 Å². The zero-order chi connectivity index (χ0) is 30.5. The van der Waals surface area contributed by atoms with E-state index in [4.69, 9.17) is 19.2 Å². The van der Waals surface area contributed by atoms with Gasteiger partial charge in [-0.05, 0) is 55.8 Å². The van der Waals surface area contributed by atoms with Gasteiger partial charge in [0.15, 0.2) is 5.71 Å². The maximum absolute atomic E-state index is 12.8. The van der Waals surface area contributed by atoms with Crippen molar-refractivity contribution >= 4 is 23.0 Å². The number of amides is 1. The average molecular weight is 585 g/mol. The summed E-state index contributed by atoms with van der Waals surface area (Å²) in [6, 6.07) is 18.8. The second-order valence-corrected chi connectivity index (χ2v) is 8.67. The Bertz CT molecular complexity index is 1420. The molecular weight excluding hydrogens is 553 g/mol. The number of halogens is 3. The number of ether oxygens (including phenoxy) is 1. The third-order valence-corrected chi connectivity index (χ3v) is 5.76. The number of carbonyl (C=O) groups excluding carboxylic acids is 1. The van der Waals surface area contributed by atoms with Gasteiger partial charge in [0.2, 0.25) is 0 Å². The molecule has 0 unspecified atom stereocenters. The summed E-state index contributed by atoms with van der Waals surface area (Å²) in [5.74, 6) is 0.100. The largest absolute Gasteiger partial charge is 0.489 e. The van der Waals surface area contributed by atoms with Crippen LogP contribution in [-0.4, -0.2) is 43.8 Å². The molecule has 1 amide bonds. The van der Waals surface area contributed by atoms with Crippen LogP contribution in [-0.2, 0) is 38.7 Å². The number of likely N-dealkylation sites (N-methyl/N-ethyl adjacent to an activating group) is 1. The Morgan fingerprint density at radius 2 is 1.55 bits per heavy atom. The fourth-order valence-electron chi connectivity index (χ4n) is 3.66. The van der Waals surface area contributed by atoms with Crippen molar-refractivity contribution in [3.63, 3.8) is 0 Å². The molecule has 0 aromatic heterocycles. The Kier molecular flexibility index (Phi) is 11.5. The number of carbonyl (C=O) groups is 1. The van der Waals surface area contributed by atoms with E-state index in [1.807, 2.05) is 0 Å². The lowest BCUT2D eigenvalue weighted by molar-refractivity contribution is -0.137. The second kappa shape index (κ2) is 15.2. The molecule has 0 atom stereocenters. The van der Waals surface area contributed by atoms with Gasteiger partial charge >= 0.3 is 6.18 Å². The molecule has 1 N–H and O–H groups in total. The first-order valence-electron chi connectivity index (χ1n) is 12.9. The Morgan fingerprint density at radius 3 is 2.17 bits per heavy atom. The maximum atomic E-state index is 12.8. The van der Waals surface area contributed by atoms with Crippen LogP contribution in [0, 0.1) is 0 Å². The summed E-state index contributed by atoms with van der Waals surface area (Å²) in [7, 11) is 2.85. The van der Waals surface area contributed by atoms with E-state index in [2.05, 4.69) is 20.8 Å². The lowest BCUT2D eigenvalue weighted by Crippen LogP contribution is -2.29. The van der Waals surface area contributed by atoms with Crippen molar-refractivity contribution in [2.45, 2.75) is 33.2 Å². The van der Waals surface area contributed by atoms with Gasteiger partial charge in [0.05, 0.1) is 5.56 Å². The van der Waals surface area contributed by atoms with Gasteiger partial charge in [0.1, 0.15) is 44.1 Å². The van der Waals surface area contributed by atoms with Crippen LogP contribution in [0.2, 0.25) is 0 Å². The molecule has 12 heteroatoms. The van der Waals surface area contributed by atoms with E-state index in [0.717, 1.165) is 12.1 Å². The molecule has 0 spiro atoms. The van der Waals surface area contributed by atoms with E-state index in [1.165, 1.54) is 26.3 Å². The molecule has 0 aliphatic carbocycles. The van der Waals surface area contributed by atoms with Crippen molar-refractivity contribution in [3.8, 4) is 5.75 Å². The van der Waals surface area contributed by atoms with E-state index < -0.39 is 17.6 Å². The molecule has 3 rings (SSSR count). The van der Waals surface area contributed by atoms with Crippen LogP contribution >= 0.6 is 0 Å². The normalized spacial score (nSPS) is 12.5. The van der Waals surface area contributed by atoms with Gasteiger partial charge in [0.25, 0.3) is 5.91 Å². The number of nitrogens with one attached hydrogen (secondary N) is 1. The molecule has 42 heavy (non-hydrogen) atoms. The van der Waals surface area contributed by atoms with E-state index >= 15 is 0 Å². The molecule has 0 aliphatic rings. The lowest BCUT2D eigenvalue weighted by atomic mass is 10.0. The topological polar surface area (TPSA) is 103 Å². The number of hydrogen-bond donors (Lipinski definition) is 1. The summed E-state index contributed by atoms with van der Waals surface area (Å²) in [4.78, 5) is 28.0. The first kappa shape index (κ1) is 31.7. The molecule has 0 fully saturated rings. The minimum Gasteiger partial charge on any atom is -0.489 e. The summed E-state index contributed by atoms with van der Waals surface area (Å²) in [5, 5.41) is 14.8. The van der Waals surface area contributed by atoms with Gasteiger partial charge in [-0.1, -0.05) is 51.9 Å². The van der Waals surface area contributed by atoms with E-state index in [-0.39, 0.29) is 18.9 Å². The summed E-state index contributed by atoms with van der Waals surface area (Å²) < 4.78 is 44.1. The van der Waals surface area contributed by atoms with Gasteiger partial charge in [0, 0.05) is 23.7 Å². The van der Waals surface area contributed by atoms with E-state index in [0.29, 0.717) is 46.0 Å². The van der Waals surface area contributed by atoms with Crippen LogP contribution in [0.25, 0.3) is 0 Å². The third kappa shape index (κ3) is 8.82. The summed E-state index contributed by atoms with van der Waals surface area (Å²) in [6.07, 6.45) is -4.39. The molecule has 0 saturated carbocycles. The molecule has 0 bridgehead atoms. The number of hydrogen-bond acceptors (Lipinski definition) is 8. The number of alkyl halides is 3. The second-order valence-electron chi connectivity index (χ2n) is 8.67. The van der Waals surface area contributed by atoms with Gasteiger partial charge in [-0.3, -0.25) is 4.79 Å². The molecule has 0 radical (unpaired) electrons. The monoisotopic (exact) mass is 584 g/mol. The smallest absolute Gasteiger partial charge is 0.416 e. The van der Waals surface area contributed by atoms with Crippen molar-refractivity contribution in [1.82, 2.24) is 5.32 Å². The van der Waals surface area contributed by atoms with E-state index in [1.54, 1.807) is 62.4 Å². The van der Waals surface area contributed by atoms with Crippen LogP contribution in [0.5, 0.6) is 5.75 Å². The molecule has 0 aliphatic heterocycles. The van der Waals surface area contributed by atoms with E-state index in [9.17, 15) is 18.0 Å². The van der Waals surface area contributed by atoms with Crippen LogP contribution in [0.1, 0.15) is 41.7 Å². The zero-order valence-corrected chi connectivity index (χ0v) is 23.6. The summed E-state index contributed by atoms with van der Waals surface area (Å²) in [6.45, 7) is 3.97. The first-order valence-corrected chi connectivity index (χ1v) is 12.9. The molecule has 0 saturated heterocycles. The van der Waals surface area contributed by atoms with Crippen molar-refractivity contribution in [3.05, 3.63) is 101 Å². The SMILES string of the molecule is CCON=C(C(C)=NOCc1ccccc1C(=NOC)C(=O)NC)c1ccc(OCc2ccc(C(F)(F)F)cc2)cc1. The predicted molar refractivity (Wildman–Crippen MR) is 152 cm³/mol. The Balaban J connectivity index is 1.71. The molecule has 9 nitrogen and oxygen atoms in total. The highest BCUT2D eigenvalue weighted by molar-refractivity contribution is 6.47. The Hall–Kier alpha value is -4.87. The summed E-state index contributed by atoms with van der Waals surface area (Å²) >= 11 is 0. The highest BCUT2D eigenvalue weighted by atomic mass is 19.4. The van der Waals surface area contributed by atoms with Gasteiger partial charge in [-0.15, -0.1) is 0 Å². The van der Waals surface area contributed by atoms with Crippen LogP contribution in [0.15, 0.2) is 88.3 Å². The standard InChI is InChI=1S/C30H31F3N4O5/c1-5-41-37-27(20(2)35-42-19-23-8-6-7-9-26(23)28(36-39-4)29(38)34-3)22-12-16-25(17-13-22)40-18-21-10-14-24(15-11-21)30(31,32)33/h6-17H,5,18-19H2,1-4H3,(H,34,38). The third-order valence-electron chi connectivity index (χ3n) is 5.76. The van der Waals surface area contributed by atoms with Gasteiger partial charge < -0.3 is 24.6 Å². The fraction of sp³-hybridized carbons (Fsp3) is 0.267. The van der Waals surface area contributed by atoms with Crippen molar-refractivity contribution in [2.75, 3.05) is 20.8 Å². The Morgan fingerprint density at radius 1 is 0.857 bits per heavy atom.